The van der Waals surface area contributed by atoms with E-state index in [9.17, 15) is 14.4 Å². The van der Waals surface area contributed by atoms with Gasteiger partial charge in [-0.25, -0.2) is 9.59 Å². The first-order valence-corrected chi connectivity index (χ1v) is 5.65. The molecule has 1 fully saturated rings. The van der Waals surface area contributed by atoms with Gasteiger partial charge in [-0.2, -0.15) is 0 Å². The van der Waals surface area contributed by atoms with Crippen LogP contribution < -0.4 is 10.6 Å². The number of rotatable bonds is 4. The predicted octanol–water partition coefficient (Wildman–Crippen LogP) is -0.595. The lowest BCUT2D eigenvalue weighted by atomic mass is 10.1. The van der Waals surface area contributed by atoms with Gasteiger partial charge in [-0.1, -0.05) is 0 Å². The number of nitrogens with one attached hydrogen (secondary N) is 2. The summed E-state index contributed by atoms with van der Waals surface area (Å²) in [5.41, 5.74) is 0. The van der Waals surface area contributed by atoms with Gasteiger partial charge >= 0.3 is 12.0 Å². The number of carboxylic acids is 1. The Morgan fingerprint density at radius 1 is 1.39 bits per heavy atom. The van der Waals surface area contributed by atoms with Crippen molar-refractivity contribution in [3.05, 3.63) is 12.2 Å². The average molecular weight is 255 g/mol. The van der Waals surface area contributed by atoms with Crippen LogP contribution in [0.15, 0.2) is 12.2 Å². The van der Waals surface area contributed by atoms with Crippen LogP contribution in [0.4, 0.5) is 4.79 Å². The number of amides is 3. The summed E-state index contributed by atoms with van der Waals surface area (Å²) >= 11 is 0. The lowest BCUT2D eigenvalue weighted by molar-refractivity contribution is -0.131. The maximum atomic E-state index is 11.3. The first-order chi connectivity index (χ1) is 8.47. The van der Waals surface area contributed by atoms with Crippen molar-refractivity contribution >= 4 is 17.9 Å². The maximum absolute atomic E-state index is 11.3. The number of imide groups is 1. The number of hydrogen-bond acceptors (Lipinski definition) is 4. The number of carboxylic acid groups (broad SMARTS) is 1. The summed E-state index contributed by atoms with van der Waals surface area (Å²) < 4.78 is 0. The highest BCUT2D eigenvalue weighted by atomic mass is 16.4. The van der Waals surface area contributed by atoms with Crippen LogP contribution in [0.25, 0.3) is 0 Å². The second-order valence-corrected chi connectivity index (χ2v) is 4.29. The van der Waals surface area contributed by atoms with Crippen LogP contribution in [0, 0.1) is 5.92 Å². The molecule has 18 heavy (non-hydrogen) atoms. The fourth-order valence-corrected chi connectivity index (χ4v) is 1.77. The van der Waals surface area contributed by atoms with Crippen molar-refractivity contribution in [3.8, 4) is 0 Å². The second-order valence-electron chi connectivity index (χ2n) is 4.29. The Kier molecular flexibility index (Phi) is 5.31. The Labute approximate surface area is 105 Å². The number of aliphatic carboxylic acids is 1. The summed E-state index contributed by atoms with van der Waals surface area (Å²) in [5.74, 6) is -1.59. The van der Waals surface area contributed by atoms with Gasteiger partial charge in [0.15, 0.2) is 0 Å². The molecule has 100 valence electrons. The lowest BCUT2D eigenvalue weighted by Crippen LogP contribution is -2.41. The van der Waals surface area contributed by atoms with Crippen molar-refractivity contribution in [2.24, 2.45) is 5.92 Å². The first-order valence-electron chi connectivity index (χ1n) is 5.65. The van der Waals surface area contributed by atoms with Crippen LogP contribution in [0.3, 0.4) is 0 Å². The highest BCUT2D eigenvalue weighted by Crippen LogP contribution is 2.12. The van der Waals surface area contributed by atoms with Crippen molar-refractivity contribution in [1.82, 2.24) is 15.5 Å². The monoisotopic (exact) mass is 255 g/mol. The molecule has 0 bridgehead atoms. The Morgan fingerprint density at radius 3 is 2.67 bits per heavy atom. The molecule has 0 aromatic rings. The van der Waals surface area contributed by atoms with Crippen molar-refractivity contribution in [1.29, 1.82) is 0 Å². The topological polar surface area (TPSA) is 98.7 Å². The zero-order chi connectivity index (χ0) is 13.5. The van der Waals surface area contributed by atoms with E-state index >= 15 is 0 Å². The highest BCUT2D eigenvalue weighted by molar-refractivity contribution is 6.02. The first kappa shape index (κ1) is 14.2. The number of carbonyl (C=O) groups excluding carboxylic acids is 2. The van der Waals surface area contributed by atoms with E-state index in [4.69, 9.17) is 5.11 Å². The van der Waals surface area contributed by atoms with Crippen molar-refractivity contribution in [2.45, 2.75) is 6.42 Å². The van der Waals surface area contributed by atoms with Crippen LogP contribution in [0.1, 0.15) is 6.42 Å². The molecule has 0 radical (unpaired) electrons. The van der Waals surface area contributed by atoms with Gasteiger partial charge in [-0.15, -0.1) is 0 Å². The molecule has 1 heterocycles. The van der Waals surface area contributed by atoms with Gasteiger partial charge < -0.3 is 15.3 Å². The Balaban J connectivity index is 2.21. The molecule has 7 nitrogen and oxygen atoms in total. The minimum atomic E-state index is -1.24. The van der Waals surface area contributed by atoms with Gasteiger partial charge in [0.25, 0.3) is 5.91 Å². The van der Waals surface area contributed by atoms with Crippen LogP contribution in [-0.4, -0.2) is 54.6 Å². The number of nitrogens with zero attached hydrogens (tertiary/aromatic N) is 1. The molecule has 0 aromatic carbocycles. The molecule has 1 saturated heterocycles. The summed E-state index contributed by atoms with van der Waals surface area (Å²) in [5, 5.41) is 12.9. The number of carbonyl (C=O) groups is 3. The molecule has 3 N–H and O–H groups in total. The smallest absolute Gasteiger partial charge is 0.328 e. The Morgan fingerprint density at radius 2 is 2.11 bits per heavy atom. The average Bonchev–Trinajstić information content (AvgIpc) is 2.70. The fraction of sp³-hybridized carbons (Fsp3) is 0.545. The van der Waals surface area contributed by atoms with Crippen LogP contribution in [0.2, 0.25) is 0 Å². The van der Waals surface area contributed by atoms with Crippen LogP contribution >= 0.6 is 0 Å². The van der Waals surface area contributed by atoms with Gasteiger partial charge in [-0.05, 0) is 25.9 Å². The van der Waals surface area contributed by atoms with Crippen molar-refractivity contribution < 1.29 is 19.5 Å². The van der Waals surface area contributed by atoms with E-state index in [0.717, 1.165) is 25.6 Å². The lowest BCUT2D eigenvalue weighted by Gasteiger charge is -2.11. The largest absolute Gasteiger partial charge is 0.478 e. The molecule has 1 rings (SSSR count). The van der Waals surface area contributed by atoms with E-state index in [2.05, 4.69) is 10.2 Å². The standard InChI is InChI=1S/C11H17N3O4/c1-14-5-4-8(7-14)6-12-11(18)13-9(15)2-3-10(16)17/h2-3,8H,4-7H2,1H3,(H,16,17)(H2,12,13,15,18)/b3-2+. The SMILES string of the molecule is CN1CCC(CNC(=O)NC(=O)/C=C/C(=O)O)C1. The number of urea groups is 1. The van der Waals surface area contributed by atoms with E-state index in [-0.39, 0.29) is 0 Å². The van der Waals surface area contributed by atoms with E-state index in [1.54, 1.807) is 0 Å². The number of likely N-dealkylation sites (tertiary alicyclic amines) is 1. The predicted molar refractivity (Wildman–Crippen MR) is 63.9 cm³/mol. The van der Waals surface area contributed by atoms with Crippen LogP contribution in [0.5, 0.6) is 0 Å². The Hall–Kier alpha value is -1.89. The summed E-state index contributed by atoms with van der Waals surface area (Å²) in [6.45, 7) is 2.44. The summed E-state index contributed by atoms with van der Waals surface area (Å²) in [7, 11) is 2.01. The van der Waals surface area contributed by atoms with E-state index in [1.807, 2.05) is 12.4 Å². The third kappa shape index (κ3) is 5.44. The van der Waals surface area contributed by atoms with Gasteiger partial charge in [0, 0.05) is 25.2 Å². The van der Waals surface area contributed by atoms with Crippen molar-refractivity contribution in [3.63, 3.8) is 0 Å². The zero-order valence-corrected chi connectivity index (χ0v) is 10.2. The molecule has 0 aromatic heterocycles. The van der Waals surface area contributed by atoms with Gasteiger partial charge in [-0.3, -0.25) is 10.1 Å². The maximum Gasteiger partial charge on any atom is 0.328 e. The molecule has 1 aliphatic rings. The highest BCUT2D eigenvalue weighted by Gasteiger charge is 2.19. The number of hydrogen-bond donors (Lipinski definition) is 3. The van der Waals surface area contributed by atoms with Crippen molar-refractivity contribution in [2.75, 3.05) is 26.7 Å². The van der Waals surface area contributed by atoms with E-state index in [1.165, 1.54) is 0 Å². The zero-order valence-electron chi connectivity index (χ0n) is 10.2. The molecule has 0 saturated carbocycles. The fourth-order valence-electron chi connectivity index (χ4n) is 1.77. The molecular formula is C11H17N3O4. The molecule has 1 aliphatic heterocycles. The summed E-state index contributed by atoms with van der Waals surface area (Å²) in [6, 6.07) is -0.607. The minimum Gasteiger partial charge on any atom is -0.478 e. The molecule has 0 spiro atoms. The van der Waals surface area contributed by atoms with E-state index < -0.39 is 17.9 Å². The Bertz CT molecular complexity index is 367. The third-order valence-corrected chi connectivity index (χ3v) is 2.65. The van der Waals surface area contributed by atoms with Gasteiger partial charge in [0.1, 0.15) is 0 Å². The van der Waals surface area contributed by atoms with Gasteiger partial charge in [0.05, 0.1) is 0 Å². The van der Waals surface area contributed by atoms with Gasteiger partial charge in [0.2, 0.25) is 0 Å². The third-order valence-electron chi connectivity index (χ3n) is 2.65. The van der Waals surface area contributed by atoms with E-state index in [0.29, 0.717) is 18.5 Å². The quantitative estimate of drug-likeness (QED) is 0.583. The minimum absolute atomic E-state index is 0.394. The second kappa shape index (κ2) is 6.75. The normalized spacial score (nSPS) is 19.9. The molecule has 0 aliphatic carbocycles. The molecule has 3 amide bonds. The summed E-state index contributed by atoms with van der Waals surface area (Å²) in [6.07, 6.45) is 2.49. The molecule has 1 atom stereocenters. The molecular weight excluding hydrogens is 238 g/mol. The summed E-state index contributed by atoms with van der Waals surface area (Å²) in [4.78, 5) is 34.7. The molecule has 7 heteroatoms. The van der Waals surface area contributed by atoms with Crippen LogP contribution in [-0.2, 0) is 9.59 Å². The molecule has 1 unspecified atom stereocenters.